The fraction of sp³-hybridized carbons (Fsp3) is 0.500. The van der Waals surface area contributed by atoms with Crippen molar-refractivity contribution in [2.75, 3.05) is 13.1 Å². The molecule has 1 aromatic rings. The number of halogens is 2. The van der Waals surface area contributed by atoms with Crippen LogP contribution in [-0.2, 0) is 0 Å². The van der Waals surface area contributed by atoms with E-state index in [9.17, 15) is 8.78 Å². The molecule has 0 aromatic heterocycles. The molecule has 0 radical (unpaired) electrons. The van der Waals surface area contributed by atoms with Crippen LogP contribution in [0.5, 0.6) is 0 Å². The summed E-state index contributed by atoms with van der Waals surface area (Å²) in [6.45, 7) is 4.62. The summed E-state index contributed by atoms with van der Waals surface area (Å²) in [5.41, 5.74) is 6.23. The molecule has 3 N–H and O–H groups in total. The van der Waals surface area contributed by atoms with E-state index in [0.717, 1.165) is 0 Å². The van der Waals surface area contributed by atoms with Gasteiger partial charge in [-0.05, 0) is 37.1 Å². The second kappa shape index (κ2) is 3.79. The van der Waals surface area contributed by atoms with Crippen molar-refractivity contribution in [2.24, 2.45) is 5.73 Å². The number of hydrogen-bond donors (Lipinski definition) is 2. The highest BCUT2D eigenvalue weighted by molar-refractivity contribution is 5.32. The van der Waals surface area contributed by atoms with Gasteiger partial charge in [-0.25, -0.2) is 8.78 Å². The Morgan fingerprint density at radius 3 is 2.62 bits per heavy atom. The molecule has 2 rings (SSSR count). The zero-order valence-corrected chi connectivity index (χ0v) is 9.48. The molecule has 0 unspecified atom stereocenters. The zero-order valence-electron chi connectivity index (χ0n) is 9.48. The maximum Gasteiger partial charge on any atom is 0.127 e. The van der Waals surface area contributed by atoms with Crippen LogP contribution in [0, 0.1) is 18.6 Å². The molecule has 0 saturated carbocycles. The van der Waals surface area contributed by atoms with E-state index in [-0.39, 0.29) is 17.6 Å². The van der Waals surface area contributed by atoms with Crippen molar-refractivity contribution in [3.8, 4) is 0 Å². The summed E-state index contributed by atoms with van der Waals surface area (Å²) < 4.78 is 27.2. The van der Waals surface area contributed by atoms with Gasteiger partial charge in [0.15, 0.2) is 0 Å². The van der Waals surface area contributed by atoms with Crippen LogP contribution < -0.4 is 11.1 Å². The second-order valence-corrected chi connectivity index (χ2v) is 4.81. The summed E-state index contributed by atoms with van der Waals surface area (Å²) >= 11 is 0. The number of hydrogen-bond acceptors (Lipinski definition) is 2. The smallest absolute Gasteiger partial charge is 0.127 e. The molecule has 1 aromatic carbocycles. The quantitative estimate of drug-likeness (QED) is 0.764. The van der Waals surface area contributed by atoms with Crippen LogP contribution >= 0.6 is 0 Å². The van der Waals surface area contributed by atoms with Gasteiger partial charge in [0.1, 0.15) is 11.6 Å². The molecule has 1 aliphatic rings. The predicted octanol–water partition coefficient (Wildman–Crippen LogP) is 1.68. The van der Waals surface area contributed by atoms with E-state index in [0.29, 0.717) is 24.2 Å². The van der Waals surface area contributed by atoms with Gasteiger partial charge >= 0.3 is 0 Å². The van der Waals surface area contributed by atoms with Gasteiger partial charge in [-0.1, -0.05) is 0 Å². The summed E-state index contributed by atoms with van der Waals surface area (Å²) in [6, 6.07) is 2.51. The van der Waals surface area contributed by atoms with Crippen molar-refractivity contribution in [3.05, 3.63) is 34.9 Å². The SMILES string of the molecule is Cc1cc(F)c([C@@H]2CNC[C@@]2(C)N)cc1F. The summed E-state index contributed by atoms with van der Waals surface area (Å²) in [7, 11) is 0. The third kappa shape index (κ3) is 1.83. The van der Waals surface area contributed by atoms with Crippen LogP contribution in [0.2, 0.25) is 0 Å². The van der Waals surface area contributed by atoms with Gasteiger partial charge in [0.2, 0.25) is 0 Å². The van der Waals surface area contributed by atoms with Gasteiger partial charge in [0.05, 0.1) is 0 Å². The standard InChI is InChI=1S/C12H16F2N2/c1-7-3-11(14)8(4-10(7)13)9-5-16-6-12(9,2)15/h3-4,9,16H,5-6,15H2,1-2H3/t9-,12+/m0/s1. The molecule has 1 saturated heterocycles. The minimum absolute atomic E-state index is 0.178. The Morgan fingerprint density at radius 2 is 2.06 bits per heavy atom. The maximum absolute atomic E-state index is 13.8. The Balaban J connectivity index is 2.44. The number of benzene rings is 1. The molecule has 0 spiro atoms. The molecule has 16 heavy (non-hydrogen) atoms. The molecule has 88 valence electrons. The van der Waals surface area contributed by atoms with Crippen LogP contribution in [0.3, 0.4) is 0 Å². The van der Waals surface area contributed by atoms with E-state index in [1.54, 1.807) is 6.92 Å². The van der Waals surface area contributed by atoms with Crippen molar-refractivity contribution in [3.63, 3.8) is 0 Å². The fourth-order valence-electron chi connectivity index (χ4n) is 2.24. The lowest BCUT2D eigenvalue weighted by Gasteiger charge is -2.26. The molecular weight excluding hydrogens is 210 g/mol. The number of nitrogens with one attached hydrogen (secondary N) is 1. The van der Waals surface area contributed by atoms with Crippen molar-refractivity contribution in [2.45, 2.75) is 25.3 Å². The molecule has 1 fully saturated rings. The van der Waals surface area contributed by atoms with E-state index >= 15 is 0 Å². The fourth-order valence-corrected chi connectivity index (χ4v) is 2.24. The van der Waals surface area contributed by atoms with Gasteiger partial charge in [0, 0.05) is 24.5 Å². The summed E-state index contributed by atoms with van der Waals surface area (Å²) in [6.07, 6.45) is 0. The number of nitrogens with two attached hydrogens (primary N) is 1. The average Bonchev–Trinajstić information content (AvgIpc) is 2.52. The Labute approximate surface area is 93.8 Å². The third-order valence-electron chi connectivity index (χ3n) is 3.30. The Bertz CT molecular complexity index is 416. The minimum atomic E-state index is -0.525. The first-order valence-electron chi connectivity index (χ1n) is 5.37. The highest BCUT2D eigenvalue weighted by Gasteiger charge is 2.37. The van der Waals surface area contributed by atoms with Crippen molar-refractivity contribution < 1.29 is 8.78 Å². The minimum Gasteiger partial charge on any atom is -0.324 e. The van der Waals surface area contributed by atoms with Crippen LogP contribution in [-0.4, -0.2) is 18.6 Å². The van der Waals surface area contributed by atoms with Crippen molar-refractivity contribution in [1.82, 2.24) is 5.32 Å². The largest absolute Gasteiger partial charge is 0.324 e. The van der Waals surface area contributed by atoms with Crippen molar-refractivity contribution >= 4 is 0 Å². The molecule has 1 aliphatic heterocycles. The Kier molecular flexibility index (Phi) is 2.72. The Morgan fingerprint density at radius 1 is 1.38 bits per heavy atom. The highest BCUT2D eigenvalue weighted by atomic mass is 19.1. The first-order chi connectivity index (χ1) is 7.42. The van der Waals surface area contributed by atoms with Crippen LogP contribution in [0.25, 0.3) is 0 Å². The molecular formula is C12H16F2N2. The van der Waals surface area contributed by atoms with E-state index in [2.05, 4.69) is 5.32 Å². The summed E-state index contributed by atoms with van der Waals surface area (Å²) in [5.74, 6) is -0.925. The van der Waals surface area contributed by atoms with E-state index in [1.807, 2.05) is 6.92 Å². The molecule has 2 atom stereocenters. The molecule has 0 bridgehead atoms. The monoisotopic (exact) mass is 226 g/mol. The lowest BCUT2D eigenvalue weighted by molar-refractivity contribution is 0.443. The number of rotatable bonds is 1. The first kappa shape index (κ1) is 11.5. The topological polar surface area (TPSA) is 38.0 Å². The van der Waals surface area contributed by atoms with Crippen molar-refractivity contribution in [1.29, 1.82) is 0 Å². The Hall–Kier alpha value is -1.00. The lowest BCUT2D eigenvalue weighted by atomic mass is 9.84. The number of aryl methyl sites for hydroxylation is 1. The molecule has 0 aliphatic carbocycles. The third-order valence-corrected chi connectivity index (χ3v) is 3.30. The normalized spacial score (nSPS) is 29.7. The second-order valence-electron chi connectivity index (χ2n) is 4.81. The summed E-state index contributed by atoms with van der Waals surface area (Å²) in [4.78, 5) is 0. The van der Waals surface area contributed by atoms with Gasteiger partial charge in [-0.3, -0.25) is 0 Å². The van der Waals surface area contributed by atoms with Gasteiger partial charge in [-0.2, -0.15) is 0 Å². The molecule has 0 amide bonds. The highest BCUT2D eigenvalue weighted by Crippen LogP contribution is 2.32. The van der Waals surface area contributed by atoms with Gasteiger partial charge in [-0.15, -0.1) is 0 Å². The van der Waals surface area contributed by atoms with Gasteiger partial charge in [0.25, 0.3) is 0 Å². The summed E-state index contributed by atoms with van der Waals surface area (Å²) in [5, 5.41) is 3.11. The predicted molar refractivity (Wildman–Crippen MR) is 59.3 cm³/mol. The van der Waals surface area contributed by atoms with E-state index in [4.69, 9.17) is 5.73 Å². The van der Waals surface area contributed by atoms with Crippen LogP contribution in [0.1, 0.15) is 24.0 Å². The zero-order chi connectivity index (χ0) is 11.9. The first-order valence-corrected chi connectivity index (χ1v) is 5.37. The molecule has 1 heterocycles. The lowest BCUT2D eigenvalue weighted by Crippen LogP contribution is -2.43. The van der Waals surface area contributed by atoms with Gasteiger partial charge < -0.3 is 11.1 Å². The molecule has 4 heteroatoms. The van der Waals surface area contributed by atoms with E-state index in [1.165, 1.54) is 12.1 Å². The maximum atomic E-state index is 13.8. The average molecular weight is 226 g/mol. The molecule has 2 nitrogen and oxygen atoms in total. The van der Waals surface area contributed by atoms with Crippen LogP contribution in [0.15, 0.2) is 12.1 Å². The van der Waals surface area contributed by atoms with E-state index < -0.39 is 5.54 Å². The van der Waals surface area contributed by atoms with Crippen LogP contribution in [0.4, 0.5) is 8.78 Å².